The van der Waals surface area contributed by atoms with Crippen molar-refractivity contribution >= 4 is 20.9 Å². The maximum Gasteiger partial charge on any atom is 0.216 e. The van der Waals surface area contributed by atoms with E-state index in [1.165, 1.54) is 0 Å². The van der Waals surface area contributed by atoms with Crippen LogP contribution in [-0.4, -0.2) is 14.5 Å². The lowest BCUT2D eigenvalue weighted by Gasteiger charge is -1.82. The predicted octanol–water partition coefficient (Wildman–Crippen LogP) is 1.04. The van der Waals surface area contributed by atoms with Gasteiger partial charge in [0.2, 0.25) is 10.1 Å². The Morgan fingerprint density at radius 3 is 2.71 bits per heavy atom. The standard InChI is InChI=1S/C3H6O2S2/c1-2-3-6-7(4)5/h2H,1,3H2,(H,4,5). The van der Waals surface area contributed by atoms with Gasteiger partial charge in [0.25, 0.3) is 0 Å². The van der Waals surface area contributed by atoms with Gasteiger partial charge in [0, 0.05) is 5.75 Å². The van der Waals surface area contributed by atoms with Crippen LogP contribution in [0.3, 0.4) is 0 Å². The molecular formula is C3H6O2S2. The summed E-state index contributed by atoms with van der Waals surface area (Å²) >= 11 is 0. The third-order valence-electron chi connectivity index (χ3n) is 0.287. The second-order valence-corrected chi connectivity index (χ2v) is 3.36. The highest BCUT2D eigenvalue weighted by Gasteiger charge is 1.86. The van der Waals surface area contributed by atoms with Crippen LogP contribution in [0.25, 0.3) is 0 Å². The number of rotatable bonds is 3. The maximum atomic E-state index is 9.78. The van der Waals surface area contributed by atoms with Crippen molar-refractivity contribution in [2.45, 2.75) is 0 Å². The third kappa shape index (κ3) is 6.20. The van der Waals surface area contributed by atoms with Gasteiger partial charge in [-0.1, -0.05) is 6.08 Å². The molecule has 4 heteroatoms. The van der Waals surface area contributed by atoms with Crippen molar-refractivity contribution in [3.8, 4) is 0 Å². The zero-order chi connectivity index (χ0) is 5.70. The van der Waals surface area contributed by atoms with E-state index in [0.29, 0.717) is 5.75 Å². The van der Waals surface area contributed by atoms with E-state index in [1.54, 1.807) is 6.08 Å². The van der Waals surface area contributed by atoms with E-state index in [4.69, 9.17) is 4.55 Å². The molecule has 7 heavy (non-hydrogen) atoms. The van der Waals surface area contributed by atoms with Gasteiger partial charge < -0.3 is 0 Å². The van der Waals surface area contributed by atoms with Crippen LogP contribution in [-0.2, 0) is 10.1 Å². The molecular weight excluding hydrogens is 132 g/mol. The lowest BCUT2D eigenvalue weighted by molar-refractivity contribution is 0.581. The van der Waals surface area contributed by atoms with Crippen molar-refractivity contribution in [1.29, 1.82) is 0 Å². The van der Waals surface area contributed by atoms with Gasteiger partial charge in [-0.25, -0.2) is 4.21 Å². The fraction of sp³-hybridized carbons (Fsp3) is 0.333. The van der Waals surface area contributed by atoms with Gasteiger partial charge in [-0.15, -0.1) is 6.58 Å². The van der Waals surface area contributed by atoms with Crippen molar-refractivity contribution in [2.24, 2.45) is 0 Å². The summed E-state index contributed by atoms with van der Waals surface area (Å²) in [5.41, 5.74) is 0. The first-order chi connectivity index (χ1) is 3.27. The van der Waals surface area contributed by atoms with Crippen molar-refractivity contribution in [3.05, 3.63) is 12.7 Å². The van der Waals surface area contributed by atoms with Crippen LogP contribution in [0.15, 0.2) is 12.7 Å². The summed E-state index contributed by atoms with van der Waals surface area (Å²) in [5, 5.41) is 0. The summed E-state index contributed by atoms with van der Waals surface area (Å²) in [6.07, 6.45) is 1.58. The Kier molecular flexibility index (Phi) is 4.49. The minimum atomic E-state index is -1.72. The first-order valence-corrected chi connectivity index (χ1v) is 4.23. The molecule has 2 nitrogen and oxygen atoms in total. The molecule has 0 aliphatic carbocycles. The largest absolute Gasteiger partial charge is 0.298 e. The summed E-state index contributed by atoms with van der Waals surface area (Å²) < 4.78 is 17.9. The van der Waals surface area contributed by atoms with Gasteiger partial charge in [-0.2, -0.15) is 0 Å². The normalized spacial score (nSPS) is 13.3. The van der Waals surface area contributed by atoms with Crippen molar-refractivity contribution < 1.29 is 8.76 Å². The second-order valence-electron chi connectivity index (χ2n) is 0.790. The van der Waals surface area contributed by atoms with E-state index in [1.807, 2.05) is 0 Å². The summed E-state index contributed by atoms with van der Waals surface area (Å²) in [5.74, 6) is 0.531. The van der Waals surface area contributed by atoms with Gasteiger partial charge in [0.1, 0.15) is 0 Å². The van der Waals surface area contributed by atoms with Crippen molar-refractivity contribution in [2.75, 3.05) is 5.75 Å². The van der Waals surface area contributed by atoms with E-state index in [2.05, 4.69) is 6.58 Å². The SMILES string of the molecule is C=CCSS(=O)O. The van der Waals surface area contributed by atoms with Crippen LogP contribution in [0.5, 0.6) is 0 Å². The molecule has 42 valence electrons. The van der Waals surface area contributed by atoms with Gasteiger partial charge >= 0.3 is 0 Å². The van der Waals surface area contributed by atoms with Gasteiger partial charge in [0.15, 0.2) is 0 Å². The second kappa shape index (κ2) is 4.36. The molecule has 0 aromatic carbocycles. The molecule has 0 aliphatic rings. The number of hydrogen-bond acceptors (Lipinski definition) is 2. The van der Waals surface area contributed by atoms with Crippen molar-refractivity contribution in [3.63, 3.8) is 0 Å². The highest BCUT2D eigenvalue weighted by Crippen LogP contribution is 2.01. The maximum absolute atomic E-state index is 9.78. The highest BCUT2D eigenvalue weighted by molar-refractivity contribution is 8.67. The molecule has 1 atom stereocenters. The Morgan fingerprint density at radius 2 is 2.57 bits per heavy atom. The first kappa shape index (κ1) is 7.20. The molecule has 1 unspecified atom stereocenters. The van der Waals surface area contributed by atoms with Crippen LogP contribution < -0.4 is 0 Å². The molecule has 0 aromatic rings. The molecule has 1 N–H and O–H groups in total. The molecule has 0 fully saturated rings. The molecule has 0 spiro atoms. The fourth-order valence-electron chi connectivity index (χ4n) is 0.106. The first-order valence-electron chi connectivity index (χ1n) is 1.62. The molecule has 0 aliphatic heterocycles. The molecule has 0 aromatic heterocycles. The zero-order valence-electron chi connectivity index (χ0n) is 3.66. The average molecular weight is 138 g/mol. The Labute approximate surface area is 48.7 Å². The average Bonchev–Trinajstić information content (AvgIpc) is 1.61. The number of hydrogen-bond donors (Lipinski definition) is 1. The summed E-state index contributed by atoms with van der Waals surface area (Å²) in [4.78, 5) is 0. The Morgan fingerprint density at radius 1 is 2.00 bits per heavy atom. The Bertz CT molecular complexity index is 81.0. The highest BCUT2D eigenvalue weighted by atomic mass is 33.1. The van der Waals surface area contributed by atoms with Crippen LogP contribution in [0.4, 0.5) is 0 Å². The summed E-state index contributed by atoms with van der Waals surface area (Å²) in [6.45, 7) is 3.37. The molecule has 0 heterocycles. The summed E-state index contributed by atoms with van der Waals surface area (Å²) in [7, 11) is -0.779. The molecule has 0 bridgehead atoms. The molecule has 0 rings (SSSR count). The molecule has 0 radical (unpaired) electrons. The Balaban J connectivity index is 2.97. The van der Waals surface area contributed by atoms with E-state index in [-0.39, 0.29) is 0 Å². The van der Waals surface area contributed by atoms with Crippen LogP contribution in [0, 0.1) is 0 Å². The minimum absolute atomic E-state index is 0.531. The van der Waals surface area contributed by atoms with E-state index in [9.17, 15) is 4.21 Å². The lowest BCUT2D eigenvalue weighted by atomic mass is 10.8. The predicted molar refractivity (Wildman–Crippen MR) is 33.4 cm³/mol. The van der Waals surface area contributed by atoms with E-state index >= 15 is 0 Å². The molecule has 0 saturated carbocycles. The fourth-order valence-corrected chi connectivity index (χ4v) is 0.957. The summed E-state index contributed by atoms with van der Waals surface area (Å²) in [6, 6.07) is 0. The topological polar surface area (TPSA) is 37.3 Å². The quantitative estimate of drug-likeness (QED) is 0.360. The molecule has 0 amide bonds. The van der Waals surface area contributed by atoms with Crippen LogP contribution in [0.1, 0.15) is 0 Å². The van der Waals surface area contributed by atoms with Gasteiger partial charge in [0.05, 0.1) is 0 Å². The smallest absolute Gasteiger partial charge is 0.216 e. The monoisotopic (exact) mass is 138 g/mol. The third-order valence-corrected chi connectivity index (χ3v) is 1.87. The van der Waals surface area contributed by atoms with Crippen LogP contribution >= 0.6 is 10.8 Å². The van der Waals surface area contributed by atoms with Crippen LogP contribution in [0.2, 0.25) is 0 Å². The van der Waals surface area contributed by atoms with E-state index < -0.39 is 10.1 Å². The van der Waals surface area contributed by atoms with Crippen molar-refractivity contribution in [1.82, 2.24) is 0 Å². The van der Waals surface area contributed by atoms with Gasteiger partial charge in [-0.3, -0.25) is 4.55 Å². The Hall–Kier alpha value is 0.200. The zero-order valence-corrected chi connectivity index (χ0v) is 5.30. The van der Waals surface area contributed by atoms with E-state index in [0.717, 1.165) is 10.8 Å². The lowest BCUT2D eigenvalue weighted by Crippen LogP contribution is -1.76. The minimum Gasteiger partial charge on any atom is -0.298 e. The molecule has 0 saturated heterocycles. The van der Waals surface area contributed by atoms with Gasteiger partial charge in [-0.05, 0) is 10.8 Å².